The number of carbonyl (C=O) groups excluding carboxylic acids is 1. The summed E-state index contributed by atoms with van der Waals surface area (Å²) in [5.74, 6) is -0.256. The Bertz CT molecular complexity index is 566. The Morgan fingerprint density at radius 3 is 2.40 bits per heavy atom. The van der Waals surface area contributed by atoms with Crippen molar-refractivity contribution in [2.75, 3.05) is 13.6 Å². The molecule has 0 radical (unpaired) electrons. The normalized spacial score (nSPS) is 10.7. The molecule has 20 heavy (non-hydrogen) atoms. The van der Waals surface area contributed by atoms with Crippen molar-refractivity contribution < 1.29 is 4.79 Å². The molecule has 0 spiro atoms. The maximum absolute atomic E-state index is 10.8. The topological polar surface area (TPSA) is 46.3 Å². The van der Waals surface area contributed by atoms with Gasteiger partial charge in [-0.1, -0.05) is 54.6 Å². The van der Waals surface area contributed by atoms with E-state index in [0.29, 0.717) is 13.0 Å². The molecule has 0 unspecified atom stereocenters. The van der Waals surface area contributed by atoms with Gasteiger partial charge in [-0.2, -0.15) is 0 Å². The second-order valence-electron chi connectivity index (χ2n) is 4.98. The summed E-state index contributed by atoms with van der Waals surface area (Å²) < 4.78 is 0. The van der Waals surface area contributed by atoms with Gasteiger partial charge < -0.3 is 10.6 Å². The molecule has 1 amide bonds. The van der Waals surface area contributed by atoms with Gasteiger partial charge in [0.25, 0.3) is 0 Å². The average Bonchev–Trinajstić information content (AvgIpc) is 2.47. The molecule has 0 heterocycles. The number of primary amides is 1. The van der Waals surface area contributed by atoms with E-state index in [1.807, 2.05) is 31.3 Å². The van der Waals surface area contributed by atoms with Gasteiger partial charge in [0.1, 0.15) is 0 Å². The Balaban J connectivity index is 2.14. The first-order valence-electron chi connectivity index (χ1n) is 6.77. The highest BCUT2D eigenvalue weighted by Crippen LogP contribution is 2.24. The van der Waals surface area contributed by atoms with E-state index < -0.39 is 0 Å². The SMILES string of the molecule is CN(CCC(N)=O)Cc1ccccc1-c1ccccc1. The lowest BCUT2D eigenvalue weighted by Crippen LogP contribution is -2.24. The Morgan fingerprint density at radius 2 is 1.70 bits per heavy atom. The minimum absolute atomic E-state index is 0.256. The van der Waals surface area contributed by atoms with Crippen molar-refractivity contribution in [2.45, 2.75) is 13.0 Å². The molecule has 0 aliphatic carbocycles. The van der Waals surface area contributed by atoms with Crippen LogP contribution in [0.1, 0.15) is 12.0 Å². The summed E-state index contributed by atoms with van der Waals surface area (Å²) in [5.41, 5.74) is 8.89. The zero-order valence-corrected chi connectivity index (χ0v) is 11.8. The fourth-order valence-corrected chi connectivity index (χ4v) is 2.23. The Morgan fingerprint density at radius 1 is 1.05 bits per heavy atom. The molecule has 0 saturated heterocycles. The van der Waals surface area contributed by atoms with Crippen molar-refractivity contribution in [1.29, 1.82) is 0 Å². The molecule has 3 heteroatoms. The standard InChI is InChI=1S/C17H20N2O/c1-19(12-11-17(18)20)13-15-9-5-6-10-16(15)14-7-3-2-4-8-14/h2-10H,11-13H2,1H3,(H2,18,20). The fraction of sp³-hybridized carbons (Fsp3) is 0.235. The monoisotopic (exact) mass is 268 g/mol. The fourth-order valence-electron chi connectivity index (χ4n) is 2.23. The van der Waals surface area contributed by atoms with E-state index in [-0.39, 0.29) is 5.91 Å². The third-order valence-corrected chi connectivity index (χ3v) is 3.28. The van der Waals surface area contributed by atoms with Crippen LogP contribution in [0.4, 0.5) is 0 Å². The van der Waals surface area contributed by atoms with Gasteiger partial charge in [0.05, 0.1) is 0 Å². The Kier molecular flexibility index (Phi) is 4.91. The zero-order chi connectivity index (χ0) is 14.4. The summed E-state index contributed by atoms with van der Waals surface area (Å²) in [5, 5.41) is 0. The van der Waals surface area contributed by atoms with Gasteiger partial charge in [-0.05, 0) is 23.7 Å². The molecule has 0 atom stereocenters. The van der Waals surface area contributed by atoms with Crippen molar-refractivity contribution in [3.05, 3.63) is 60.2 Å². The van der Waals surface area contributed by atoms with Crippen LogP contribution >= 0.6 is 0 Å². The maximum Gasteiger partial charge on any atom is 0.218 e. The van der Waals surface area contributed by atoms with Gasteiger partial charge in [-0.25, -0.2) is 0 Å². The number of rotatable bonds is 6. The van der Waals surface area contributed by atoms with Crippen LogP contribution in [0, 0.1) is 0 Å². The quantitative estimate of drug-likeness (QED) is 0.875. The molecule has 0 aromatic heterocycles. The first-order chi connectivity index (χ1) is 9.66. The highest BCUT2D eigenvalue weighted by Gasteiger charge is 2.07. The summed E-state index contributed by atoms with van der Waals surface area (Å²) in [6.45, 7) is 1.48. The second kappa shape index (κ2) is 6.87. The van der Waals surface area contributed by atoms with Crippen LogP contribution in [0.3, 0.4) is 0 Å². The summed E-state index contributed by atoms with van der Waals surface area (Å²) in [4.78, 5) is 13.0. The lowest BCUT2D eigenvalue weighted by molar-refractivity contribution is -0.118. The maximum atomic E-state index is 10.8. The van der Waals surface area contributed by atoms with Gasteiger partial charge >= 0.3 is 0 Å². The minimum Gasteiger partial charge on any atom is -0.370 e. The van der Waals surface area contributed by atoms with Crippen LogP contribution < -0.4 is 5.73 Å². The van der Waals surface area contributed by atoms with Crippen LogP contribution in [0.15, 0.2) is 54.6 Å². The molecule has 2 aromatic rings. The first kappa shape index (κ1) is 14.3. The number of carbonyl (C=O) groups is 1. The molecule has 0 bridgehead atoms. The van der Waals surface area contributed by atoms with Gasteiger partial charge in [-0.15, -0.1) is 0 Å². The molecule has 3 nitrogen and oxygen atoms in total. The molecule has 0 saturated carbocycles. The third kappa shape index (κ3) is 3.93. The van der Waals surface area contributed by atoms with Crippen molar-refractivity contribution in [3.8, 4) is 11.1 Å². The Hall–Kier alpha value is -2.13. The predicted molar refractivity (Wildman–Crippen MR) is 82.0 cm³/mol. The number of hydrogen-bond donors (Lipinski definition) is 1. The van der Waals surface area contributed by atoms with Crippen LogP contribution in [0.25, 0.3) is 11.1 Å². The number of nitrogens with zero attached hydrogens (tertiary/aromatic N) is 1. The minimum atomic E-state index is -0.256. The molecule has 2 rings (SSSR count). The average molecular weight is 268 g/mol. The smallest absolute Gasteiger partial charge is 0.218 e. The summed E-state index contributed by atoms with van der Waals surface area (Å²) in [6.07, 6.45) is 0.393. The third-order valence-electron chi connectivity index (χ3n) is 3.28. The molecule has 0 aliphatic heterocycles. The highest BCUT2D eigenvalue weighted by atomic mass is 16.1. The van der Waals surface area contributed by atoms with Crippen molar-refractivity contribution in [3.63, 3.8) is 0 Å². The molecular formula is C17H20N2O. The van der Waals surface area contributed by atoms with E-state index in [1.165, 1.54) is 16.7 Å². The van der Waals surface area contributed by atoms with E-state index in [9.17, 15) is 4.79 Å². The van der Waals surface area contributed by atoms with E-state index in [4.69, 9.17) is 5.73 Å². The largest absolute Gasteiger partial charge is 0.370 e. The Labute approximate surface area is 120 Å². The van der Waals surface area contributed by atoms with Crippen molar-refractivity contribution in [1.82, 2.24) is 4.90 Å². The zero-order valence-electron chi connectivity index (χ0n) is 11.8. The van der Waals surface area contributed by atoms with E-state index >= 15 is 0 Å². The highest BCUT2D eigenvalue weighted by molar-refractivity contribution is 5.73. The van der Waals surface area contributed by atoms with E-state index in [0.717, 1.165) is 6.54 Å². The van der Waals surface area contributed by atoms with Crippen molar-refractivity contribution in [2.24, 2.45) is 5.73 Å². The van der Waals surface area contributed by atoms with Crippen LogP contribution in [-0.2, 0) is 11.3 Å². The number of nitrogens with two attached hydrogens (primary N) is 1. The van der Waals surface area contributed by atoms with Crippen LogP contribution in [-0.4, -0.2) is 24.4 Å². The lowest BCUT2D eigenvalue weighted by atomic mass is 9.99. The van der Waals surface area contributed by atoms with E-state index in [1.54, 1.807) is 0 Å². The summed E-state index contributed by atoms with van der Waals surface area (Å²) >= 11 is 0. The van der Waals surface area contributed by atoms with Gasteiger partial charge in [0.15, 0.2) is 0 Å². The summed E-state index contributed by atoms with van der Waals surface area (Å²) in [7, 11) is 2.00. The first-order valence-corrected chi connectivity index (χ1v) is 6.77. The lowest BCUT2D eigenvalue weighted by Gasteiger charge is -2.18. The van der Waals surface area contributed by atoms with Gasteiger partial charge in [0.2, 0.25) is 5.91 Å². The molecular weight excluding hydrogens is 248 g/mol. The molecule has 2 N–H and O–H groups in total. The number of benzene rings is 2. The van der Waals surface area contributed by atoms with Crippen molar-refractivity contribution >= 4 is 5.91 Å². The predicted octanol–water partition coefficient (Wildman–Crippen LogP) is 2.66. The molecule has 104 valence electrons. The number of hydrogen-bond acceptors (Lipinski definition) is 2. The van der Waals surface area contributed by atoms with Crippen LogP contribution in [0.5, 0.6) is 0 Å². The van der Waals surface area contributed by atoms with Gasteiger partial charge in [-0.3, -0.25) is 4.79 Å². The van der Waals surface area contributed by atoms with E-state index in [2.05, 4.69) is 35.2 Å². The molecule has 0 fully saturated rings. The molecule has 0 aliphatic rings. The van der Waals surface area contributed by atoms with Gasteiger partial charge in [0, 0.05) is 19.5 Å². The van der Waals surface area contributed by atoms with Crippen LogP contribution in [0.2, 0.25) is 0 Å². The molecule has 2 aromatic carbocycles. The summed E-state index contributed by atoms with van der Waals surface area (Å²) in [6, 6.07) is 18.7. The second-order valence-corrected chi connectivity index (χ2v) is 4.98. The number of amides is 1.